The van der Waals surface area contributed by atoms with Gasteiger partial charge in [-0.25, -0.2) is 12.8 Å². The van der Waals surface area contributed by atoms with Crippen LogP contribution in [0.5, 0.6) is 0 Å². The lowest BCUT2D eigenvalue weighted by atomic mass is 10.1. The molecule has 0 saturated heterocycles. The average molecular weight is 264 g/mol. The molecule has 0 aliphatic heterocycles. The van der Waals surface area contributed by atoms with E-state index in [0.717, 1.165) is 0 Å². The number of alkyl halides is 1. The minimum Gasteiger partial charge on any atom is -0.224 e. The molecule has 0 spiro atoms. The summed E-state index contributed by atoms with van der Waals surface area (Å²) in [4.78, 5) is 0.000697. The first-order valence-electron chi connectivity index (χ1n) is 5.52. The fraction of sp³-hybridized carbons (Fsp3) is 0.143. The first-order valence-corrected chi connectivity index (χ1v) is 7.06. The first kappa shape index (κ1) is 12.8. The minimum absolute atomic E-state index is 0.000697. The smallest absolute Gasteiger partial charge is 0.224 e. The molecule has 0 bridgehead atoms. The standard InChI is InChI=1S/C14H13FO2S/c1-11-7-5-6-10-13(11)14(15)18(16,17)12-8-3-2-4-9-12/h2-10,14H,1H3. The third-order valence-electron chi connectivity index (χ3n) is 2.78. The molecule has 0 saturated carbocycles. The third kappa shape index (κ3) is 2.29. The van der Waals surface area contributed by atoms with Crippen molar-refractivity contribution in [1.29, 1.82) is 0 Å². The van der Waals surface area contributed by atoms with Gasteiger partial charge in [0.15, 0.2) is 0 Å². The maximum Gasteiger partial charge on any atom is 0.230 e. The Morgan fingerprint density at radius 1 is 0.944 bits per heavy atom. The molecule has 0 aliphatic rings. The van der Waals surface area contributed by atoms with Crippen molar-refractivity contribution in [1.82, 2.24) is 0 Å². The Kier molecular flexibility index (Phi) is 3.48. The van der Waals surface area contributed by atoms with Gasteiger partial charge in [-0.3, -0.25) is 0 Å². The molecule has 0 aliphatic carbocycles. The summed E-state index contributed by atoms with van der Waals surface area (Å²) in [5, 5.41) is 0. The monoisotopic (exact) mass is 264 g/mol. The Labute approximate surface area is 106 Å². The van der Waals surface area contributed by atoms with Crippen molar-refractivity contribution in [3.63, 3.8) is 0 Å². The molecular weight excluding hydrogens is 251 g/mol. The zero-order chi connectivity index (χ0) is 13.2. The summed E-state index contributed by atoms with van der Waals surface area (Å²) in [7, 11) is -3.98. The van der Waals surface area contributed by atoms with Gasteiger partial charge in [-0.2, -0.15) is 0 Å². The average Bonchev–Trinajstić information content (AvgIpc) is 2.39. The molecule has 2 rings (SSSR count). The van der Waals surface area contributed by atoms with Gasteiger partial charge in [-0.15, -0.1) is 0 Å². The van der Waals surface area contributed by atoms with Crippen LogP contribution in [0.1, 0.15) is 16.6 Å². The summed E-state index contributed by atoms with van der Waals surface area (Å²) in [6.45, 7) is 1.70. The van der Waals surface area contributed by atoms with E-state index in [4.69, 9.17) is 0 Å². The van der Waals surface area contributed by atoms with E-state index >= 15 is 0 Å². The van der Waals surface area contributed by atoms with E-state index in [1.807, 2.05) is 0 Å². The van der Waals surface area contributed by atoms with Crippen molar-refractivity contribution in [2.24, 2.45) is 0 Å². The predicted molar refractivity (Wildman–Crippen MR) is 68.7 cm³/mol. The van der Waals surface area contributed by atoms with Crippen molar-refractivity contribution in [3.05, 3.63) is 65.7 Å². The third-order valence-corrected chi connectivity index (χ3v) is 4.51. The minimum atomic E-state index is -3.98. The van der Waals surface area contributed by atoms with Gasteiger partial charge in [-0.05, 0) is 24.6 Å². The molecule has 94 valence electrons. The summed E-state index contributed by atoms with van der Waals surface area (Å²) in [5.74, 6) is 0. The fourth-order valence-corrected chi connectivity index (χ4v) is 3.11. The summed E-state index contributed by atoms with van der Waals surface area (Å²) >= 11 is 0. The van der Waals surface area contributed by atoms with Crippen LogP contribution in [-0.2, 0) is 9.84 Å². The van der Waals surface area contributed by atoms with E-state index in [2.05, 4.69) is 0 Å². The van der Waals surface area contributed by atoms with Crippen LogP contribution in [0.4, 0.5) is 4.39 Å². The topological polar surface area (TPSA) is 34.1 Å². The second-order valence-electron chi connectivity index (χ2n) is 4.03. The zero-order valence-corrected chi connectivity index (χ0v) is 10.7. The molecule has 0 fully saturated rings. The van der Waals surface area contributed by atoms with Crippen LogP contribution >= 0.6 is 0 Å². The number of halogens is 1. The molecule has 1 unspecified atom stereocenters. The molecule has 0 heterocycles. The van der Waals surface area contributed by atoms with E-state index in [1.54, 1.807) is 43.3 Å². The molecule has 0 radical (unpaired) electrons. The maximum atomic E-state index is 14.3. The van der Waals surface area contributed by atoms with Crippen LogP contribution in [0.15, 0.2) is 59.5 Å². The number of hydrogen-bond acceptors (Lipinski definition) is 2. The lowest BCUT2D eigenvalue weighted by Crippen LogP contribution is -2.10. The molecule has 0 amide bonds. The maximum absolute atomic E-state index is 14.3. The van der Waals surface area contributed by atoms with Gasteiger partial charge in [0.05, 0.1) is 4.90 Å². The van der Waals surface area contributed by atoms with Crippen molar-refractivity contribution < 1.29 is 12.8 Å². The molecule has 2 nitrogen and oxygen atoms in total. The molecule has 2 aromatic carbocycles. The normalized spacial score (nSPS) is 13.2. The van der Waals surface area contributed by atoms with Crippen LogP contribution in [0.25, 0.3) is 0 Å². The second-order valence-corrected chi connectivity index (χ2v) is 6.01. The highest BCUT2D eigenvalue weighted by atomic mass is 32.2. The lowest BCUT2D eigenvalue weighted by molar-refractivity contribution is 0.429. The van der Waals surface area contributed by atoms with Gasteiger partial charge in [0, 0.05) is 5.56 Å². The largest absolute Gasteiger partial charge is 0.230 e. The predicted octanol–water partition coefficient (Wildman–Crippen LogP) is 3.44. The van der Waals surface area contributed by atoms with Crippen molar-refractivity contribution in [2.45, 2.75) is 17.3 Å². The number of aryl methyl sites for hydroxylation is 1. The molecule has 1 atom stereocenters. The van der Waals surface area contributed by atoms with Gasteiger partial charge in [-0.1, -0.05) is 42.5 Å². The zero-order valence-electron chi connectivity index (χ0n) is 9.88. The molecule has 2 aromatic rings. The van der Waals surface area contributed by atoms with E-state index in [0.29, 0.717) is 5.56 Å². The van der Waals surface area contributed by atoms with E-state index in [1.165, 1.54) is 18.2 Å². The van der Waals surface area contributed by atoms with E-state index in [9.17, 15) is 12.8 Å². The second kappa shape index (κ2) is 4.90. The van der Waals surface area contributed by atoms with E-state index in [-0.39, 0.29) is 10.5 Å². The first-order chi connectivity index (χ1) is 8.53. The molecule has 18 heavy (non-hydrogen) atoms. The summed E-state index contributed by atoms with van der Waals surface area (Å²) in [5.41, 5.74) is -1.20. The Morgan fingerprint density at radius 2 is 1.50 bits per heavy atom. The van der Waals surface area contributed by atoms with E-state index < -0.39 is 15.3 Å². The SMILES string of the molecule is Cc1ccccc1C(F)S(=O)(=O)c1ccccc1. The van der Waals surface area contributed by atoms with Crippen LogP contribution in [0, 0.1) is 6.92 Å². The van der Waals surface area contributed by atoms with Gasteiger partial charge >= 0.3 is 0 Å². The van der Waals surface area contributed by atoms with Gasteiger partial charge in [0.25, 0.3) is 0 Å². The van der Waals surface area contributed by atoms with Crippen LogP contribution in [0.3, 0.4) is 0 Å². The van der Waals surface area contributed by atoms with Gasteiger partial charge in [0.1, 0.15) is 0 Å². The highest BCUT2D eigenvalue weighted by molar-refractivity contribution is 7.91. The Balaban J connectivity index is 2.47. The fourth-order valence-electron chi connectivity index (χ4n) is 1.74. The number of benzene rings is 2. The lowest BCUT2D eigenvalue weighted by Gasteiger charge is -2.12. The highest BCUT2D eigenvalue weighted by Crippen LogP contribution is 2.31. The van der Waals surface area contributed by atoms with Crippen LogP contribution < -0.4 is 0 Å². The highest BCUT2D eigenvalue weighted by Gasteiger charge is 2.29. The quantitative estimate of drug-likeness (QED) is 0.851. The molecule has 0 aromatic heterocycles. The number of sulfone groups is 1. The Hall–Kier alpha value is -1.68. The molecule has 0 N–H and O–H groups in total. The molecular formula is C14H13FO2S. The number of hydrogen-bond donors (Lipinski definition) is 0. The van der Waals surface area contributed by atoms with Gasteiger partial charge < -0.3 is 0 Å². The van der Waals surface area contributed by atoms with Gasteiger partial charge in [0.2, 0.25) is 15.3 Å². The summed E-state index contributed by atoms with van der Waals surface area (Å²) in [6.07, 6.45) is 0. The Morgan fingerprint density at radius 3 is 2.11 bits per heavy atom. The van der Waals surface area contributed by atoms with Crippen molar-refractivity contribution in [3.8, 4) is 0 Å². The summed E-state index contributed by atoms with van der Waals surface area (Å²) < 4.78 is 38.5. The van der Waals surface area contributed by atoms with Crippen LogP contribution in [0.2, 0.25) is 0 Å². The Bertz CT molecular complexity index is 636. The summed E-state index contributed by atoms with van der Waals surface area (Å²) in [6, 6.07) is 14.2. The number of rotatable bonds is 3. The molecule has 4 heteroatoms. The van der Waals surface area contributed by atoms with Crippen molar-refractivity contribution >= 4 is 9.84 Å². The van der Waals surface area contributed by atoms with Crippen LogP contribution in [-0.4, -0.2) is 8.42 Å². The van der Waals surface area contributed by atoms with Crippen molar-refractivity contribution in [2.75, 3.05) is 0 Å².